The van der Waals surface area contributed by atoms with Gasteiger partial charge in [-0.1, -0.05) is 42.5 Å². The summed E-state index contributed by atoms with van der Waals surface area (Å²) in [5, 5.41) is 19.9. The zero-order chi connectivity index (χ0) is 27.9. The number of guanidine groups is 1. The highest BCUT2D eigenvalue weighted by atomic mass is 16.5. The topological polar surface area (TPSA) is 158 Å². The second kappa shape index (κ2) is 15.1. The molecular formula is C28H29N7O4. The van der Waals surface area contributed by atoms with Crippen LogP contribution in [0, 0.1) is 11.5 Å². The lowest BCUT2D eigenvalue weighted by atomic mass is 10.0. The Bertz CT molecular complexity index is 1320. The van der Waals surface area contributed by atoms with Crippen molar-refractivity contribution in [1.82, 2.24) is 20.9 Å². The van der Waals surface area contributed by atoms with Gasteiger partial charge in [-0.25, -0.2) is 4.99 Å². The van der Waals surface area contributed by atoms with Gasteiger partial charge in [0.2, 0.25) is 11.9 Å². The SMILES string of the molecule is CCOC(=O)CC(NC(=O)CNC(=O)c1cccc(NC(=NCc2ccccn2)NC#N)c1)c1ccccc1. The maximum atomic E-state index is 12.7. The Hall–Kier alpha value is -5.24. The summed E-state index contributed by atoms with van der Waals surface area (Å²) in [5.41, 5.74) is 2.27. The standard InChI is InChI=1S/C28H29N7O4/c1-2-39-26(37)16-24(20-9-4-3-5-10-20)35-25(36)18-31-27(38)21-11-8-13-22(15-21)34-28(33-19-29)32-17-23-12-6-7-14-30-23/h3-15,24H,2,16-18H2,1H3,(H,31,38)(H,35,36)(H2,32,33,34). The zero-order valence-corrected chi connectivity index (χ0v) is 21.4. The fourth-order valence-electron chi connectivity index (χ4n) is 3.52. The molecule has 0 saturated heterocycles. The highest BCUT2D eigenvalue weighted by Gasteiger charge is 2.19. The molecule has 11 heteroatoms. The lowest BCUT2D eigenvalue weighted by Crippen LogP contribution is -2.39. The van der Waals surface area contributed by atoms with Crippen LogP contribution in [0.25, 0.3) is 0 Å². The molecule has 4 N–H and O–H groups in total. The monoisotopic (exact) mass is 527 g/mol. The second-order valence-corrected chi connectivity index (χ2v) is 8.15. The number of pyridine rings is 1. The molecule has 3 rings (SSSR count). The number of nitrogens with one attached hydrogen (secondary N) is 4. The molecule has 0 aliphatic rings. The second-order valence-electron chi connectivity index (χ2n) is 8.15. The van der Waals surface area contributed by atoms with Gasteiger partial charge in [-0.15, -0.1) is 0 Å². The molecule has 39 heavy (non-hydrogen) atoms. The number of benzene rings is 2. The number of ether oxygens (including phenoxy) is 1. The number of nitriles is 1. The molecule has 1 unspecified atom stereocenters. The maximum absolute atomic E-state index is 12.7. The molecule has 3 aromatic rings. The zero-order valence-electron chi connectivity index (χ0n) is 21.4. The Morgan fingerprint density at radius 1 is 1.05 bits per heavy atom. The van der Waals surface area contributed by atoms with Crippen LogP contribution in [-0.2, 0) is 20.9 Å². The molecule has 200 valence electrons. The van der Waals surface area contributed by atoms with Gasteiger partial charge in [-0.05, 0) is 42.8 Å². The van der Waals surface area contributed by atoms with Crippen LogP contribution in [0.4, 0.5) is 5.69 Å². The first-order valence-electron chi connectivity index (χ1n) is 12.2. The molecule has 0 aliphatic heterocycles. The van der Waals surface area contributed by atoms with E-state index in [1.807, 2.05) is 36.5 Å². The van der Waals surface area contributed by atoms with Gasteiger partial charge in [0.25, 0.3) is 5.91 Å². The van der Waals surface area contributed by atoms with Crippen molar-refractivity contribution in [1.29, 1.82) is 5.26 Å². The van der Waals surface area contributed by atoms with Gasteiger partial charge in [0, 0.05) is 17.4 Å². The van der Waals surface area contributed by atoms with Crippen molar-refractivity contribution in [3.8, 4) is 6.19 Å². The van der Waals surface area contributed by atoms with Crippen molar-refractivity contribution in [2.75, 3.05) is 18.5 Å². The minimum atomic E-state index is -0.599. The van der Waals surface area contributed by atoms with Crippen LogP contribution in [-0.4, -0.2) is 41.9 Å². The van der Waals surface area contributed by atoms with Crippen LogP contribution in [0.5, 0.6) is 0 Å². The van der Waals surface area contributed by atoms with E-state index in [0.29, 0.717) is 11.3 Å². The third-order valence-corrected chi connectivity index (χ3v) is 5.31. The summed E-state index contributed by atoms with van der Waals surface area (Å²) < 4.78 is 5.02. The predicted octanol–water partition coefficient (Wildman–Crippen LogP) is 2.66. The number of hydrogen-bond acceptors (Lipinski definition) is 7. The lowest BCUT2D eigenvalue weighted by Gasteiger charge is -2.19. The summed E-state index contributed by atoms with van der Waals surface area (Å²) in [6.07, 6.45) is 3.44. The summed E-state index contributed by atoms with van der Waals surface area (Å²) in [6, 6.07) is 20.4. The number of carbonyl (C=O) groups is 3. The molecule has 1 aromatic heterocycles. The highest BCUT2D eigenvalue weighted by molar-refractivity contribution is 5.99. The highest BCUT2D eigenvalue weighted by Crippen LogP contribution is 2.17. The largest absolute Gasteiger partial charge is 0.466 e. The Morgan fingerprint density at radius 3 is 2.56 bits per heavy atom. The summed E-state index contributed by atoms with van der Waals surface area (Å²) in [5.74, 6) is -1.18. The molecule has 0 bridgehead atoms. The molecule has 0 fully saturated rings. The van der Waals surface area contributed by atoms with Gasteiger partial charge >= 0.3 is 5.97 Å². The van der Waals surface area contributed by atoms with Gasteiger partial charge in [-0.2, -0.15) is 5.26 Å². The first-order valence-corrected chi connectivity index (χ1v) is 12.2. The number of aromatic nitrogens is 1. The van der Waals surface area contributed by atoms with Crippen LogP contribution >= 0.6 is 0 Å². The van der Waals surface area contributed by atoms with Crippen molar-refractivity contribution in [3.05, 3.63) is 95.8 Å². The number of aliphatic imine (C=N–C) groups is 1. The molecular weight excluding hydrogens is 498 g/mol. The van der Waals surface area contributed by atoms with Crippen LogP contribution < -0.4 is 21.3 Å². The van der Waals surface area contributed by atoms with E-state index in [-0.39, 0.29) is 32.1 Å². The molecule has 2 aromatic carbocycles. The quantitative estimate of drug-likeness (QED) is 0.0974. The van der Waals surface area contributed by atoms with Gasteiger partial charge in [0.05, 0.1) is 37.9 Å². The number of hydrogen-bond donors (Lipinski definition) is 4. The van der Waals surface area contributed by atoms with E-state index in [0.717, 1.165) is 11.3 Å². The number of esters is 1. The summed E-state index contributed by atoms with van der Waals surface area (Å²) >= 11 is 0. The number of amides is 2. The van der Waals surface area contributed by atoms with Crippen LogP contribution in [0.2, 0.25) is 0 Å². The van der Waals surface area contributed by atoms with E-state index < -0.39 is 23.8 Å². The summed E-state index contributed by atoms with van der Waals surface area (Å²) in [6.45, 7) is 1.90. The smallest absolute Gasteiger partial charge is 0.308 e. The molecule has 0 saturated carbocycles. The molecule has 11 nitrogen and oxygen atoms in total. The average Bonchev–Trinajstić information content (AvgIpc) is 2.96. The molecule has 0 aliphatic carbocycles. The van der Waals surface area contributed by atoms with Crippen molar-refractivity contribution in [3.63, 3.8) is 0 Å². The minimum absolute atomic E-state index is 0.0355. The van der Waals surface area contributed by atoms with Gasteiger partial charge in [0.1, 0.15) is 0 Å². The third kappa shape index (κ3) is 9.62. The van der Waals surface area contributed by atoms with Crippen LogP contribution in [0.1, 0.15) is 41.0 Å². The first kappa shape index (κ1) is 28.3. The molecule has 0 spiro atoms. The third-order valence-electron chi connectivity index (χ3n) is 5.31. The first-order chi connectivity index (χ1) is 19.0. The van der Waals surface area contributed by atoms with E-state index in [1.165, 1.54) is 0 Å². The van der Waals surface area contributed by atoms with E-state index >= 15 is 0 Å². The minimum Gasteiger partial charge on any atom is -0.466 e. The predicted molar refractivity (Wildman–Crippen MR) is 145 cm³/mol. The number of carbonyl (C=O) groups excluding carboxylic acids is 3. The molecule has 2 amide bonds. The lowest BCUT2D eigenvalue weighted by molar-refractivity contribution is -0.143. The Kier molecular flexibility index (Phi) is 11.0. The normalized spacial score (nSPS) is 11.4. The van der Waals surface area contributed by atoms with Crippen molar-refractivity contribution in [2.45, 2.75) is 25.9 Å². The summed E-state index contributed by atoms with van der Waals surface area (Å²) in [4.78, 5) is 45.9. The van der Waals surface area contributed by atoms with Gasteiger partial charge < -0.3 is 20.7 Å². The fraction of sp³-hybridized carbons (Fsp3) is 0.214. The van der Waals surface area contributed by atoms with E-state index in [2.05, 4.69) is 31.2 Å². The Morgan fingerprint density at radius 2 is 1.85 bits per heavy atom. The fourth-order valence-corrected chi connectivity index (χ4v) is 3.52. The number of nitrogens with zero attached hydrogens (tertiary/aromatic N) is 3. The van der Waals surface area contributed by atoms with E-state index in [4.69, 9.17) is 10.00 Å². The van der Waals surface area contributed by atoms with Gasteiger partial charge in [-0.3, -0.25) is 24.7 Å². The summed E-state index contributed by atoms with van der Waals surface area (Å²) in [7, 11) is 0. The van der Waals surface area contributed by atoms with Crippen LogP contribution in [0.3, 0.4) is 0 Å². The molecule has 0 radical (unpaired) electrons. The van der Waals surface area contributed by atoms with Crippen molar-refractivity contribution in [2.24, 2.45) is 4.99 Å². The average molecular weight is 528 g/mol. The Balaban J connectivity index is 1.59. The maximum Gasteiger partial charge on any atom is 0.308 e. The van der Waals surface area contributed by atoms with E-state index in [1.54, 1.807) is 55.6 Å². The van der Waals surface area contributed by atoms with Crippen molar-refractivity contribution >= 4 is 29.4 Å². The number of anilines is 1. The molecule has 1 atom stereocenters. The van der Waals surface area contributed by atoms with E-state index in [9.17, 15) is 14.4 Å². The molecule has 1 heterocycles. The number of rotatable bonds is 11. The van der Waals surface area contributed by atoms with Crippen LogP contribution in [0.15, 0.2) is 84.0 Å². The van der Waals surface area contributed by atoms with Crippen molar-refractivity contribution < 1.29 is 19.1 Å². The Labute approximate surface area is 226 Å². The van der Waals surface area contributed by atoms with Gasteiger partial charge in [0.15, 0.2) is 6.19 Å².